The molecule has 2 N–H and O–H groups in total. The molecule has 1 saturated heterocycles. The standard InChI is InChI=1S/C12H14N4O3S/c1-7-2-3-9(19-7)8-6-20-5-4-16(8)11(17)10-13-12(18)15-14-10/h2-3,8H,4-6H2,1H3,(H2,13,14,15,18)/t8-/m1/s1. The van der Waals surface area contributed by atoms with Crippen molar-refractivity contribution in [2.45, 2.75) is 13.0 Å². The van der Waals surface area contributed by atoms with E-state index >= 15 is 0 Å². The molecule has 7 nitrogen and oxygen atoms in total. The number of H-pyrrole nitrogens is 2. The highest BCUT2D eigenvalue weighted by Crippen LogP contribution is 2.31. The van der Waals surface area contributed by atoms with Gasteiger partial charge in [-0.2, -0.15) is 11.8 Å². The lowest BCUT2D eigenvalue weighted by Gasteiger charge is -2.33. The lowest BCUT2D eigenvalue weighted by Crippen LogP contribution is -2.41. The third kappa shape index (κ3) is 2.38. The normalized spacial score (nSPS) is 19.2. The number of nitrogens with one attached hydrogen (secondary N) is 2. The minimum Gasteiger partial charge on any atom is -0.464 e. The topological polar surface area (TPSA) is 95.0 Å². The van der Waals surface area contributed by atoms with Crippen molar-refractivity contribution in [3.8, 4) is 0 Å². The van der Waals surface area contributed by atoms with Gasteiger partial charge in [0.1, 0.15) is 11.5 Å². The highest BCUT2D eigenvalue weighted by molar-refractivity contribution is 7.99. The first-order chi connectivity index (χ1) is 9.65. The first kappa shape index (κ1) is 13.0. The van der Waals surface area contributed by atoms with Gasteiger partial charge in [-0.3, -0.25) is 9.78 Å². The molecule has 1 fully saturated rings. The highest BCUT2D eigenvalue weighted by atomic mass is 32.2. The van der Waals surface area contributed by atoms with Crippen LogP contribution in [0.2, 0.25) is 0 Å². The first-order valence-electron chi connectivity index (χ1n) is 6.25. The molecule has 0 radical (unpaired) electrons. The van der Waals surface area contributed by atoms with E-state index in [9.17, 15) is 9.59 Å². The minimum atomic E-state index is -0.481. The van der Waals surface area contributed by atoms with E-state index in [0.29, 0.717) is 6.54 Å². The van der Waals surface area contributed by atoms with E-state index in [0.717, 1.165) is 23.0 Å². The molecule has 1 atom stereocenters. The summed E-state index contributed by atoms with van der Waals surface area (Å²) >= 11 is 1.77. The van der Waals surface area contributed by atoms with Gasteiger partial charge in [0, 0.05) is 18.1 Å². The fraction of sp³-hybridized carbons (Fsp3) is 0.417. The lowest BCUT2D eigenvalue weighted by molar-refractivity contribution is 0.0669. The molecular weight excluding hydrogens is 280 g/mol. The molecule has 0 spiro atoms. The number of furan rings is 1. The Morgan fingerprint density at radius 3 is 3.05 bits per heavy atom. The first-order valence-corrected chi connectivity index (χ1v) is 7.40. The lowest BCUT2D eigenvalue weighted by atomic mass is 10.2. The Bertz CT molecular complexity index is 674. The zero-order valence-corrected chi connectivity index (χ0v) is 11.7. The van der Waals surface area contributed by atoms with Gasteiger partial charge in [-0.05, 0) is 19.1 Å². The Balaban J connectivity index is 1.89. The number of aryl methyl sites for hydroxylation is 1. The van der Waals surface area contributed by atoms with Crippen molar-refractivity contribution in [2.75, 3.05) is 18.1 Å². The average molecular weight is 294 g/mol. The van der Waals surface area contributed by atoms with Gasteiger partial charge in [-0.25, -0.2) is 9.89 Å². The molecule has 1 amide bonds. The summed E-state index contributed by atoms with van der Waals surface area (Å²) in [6.07, 6.45) is 0. The van der Waals surface area contributed by atoms with Crippen molar-refractivity contribution in [1.82, 2.24) is 20.1 Å². The van der Waals surface area contributed by atoms with Crippen molar-refractivity contribution in [3.05, 3.63) is 40.0 Å². The SMILES string of the molecule is Cc1ccc([C@H]2CSCCN2C(=O)c2n[nH]c(=O)[nH]2)o1. The molecule has 20 heavy (non-hydrogen) atoms. The summed E-state index contributed by atoms with van der Waals surface area (Å²) in [5, 5.41) is 5.91. The maximum Gasteiger partial charge on any atom is 0.341 e. The van der Waals surface area contributed by atoms with E-state index in [1.54, 1.807) is 16.7 Å². The molecule has 0 aromatic carbocycles. The maximum absolute atomic E-state index is 12.4. The quantitative estimate of drug-likeness (QED) is 0.859. The van der Waals surface area contributed by atoms with Gasteiger partial charge in [0.2, 0.25) is 5.82 Å². The number of aromatic nitrogens is 3. The Morgan fingerprint density at radius 1 is 1.55 bits per heavy atom. The van der Waals surface area contributed by atoms with Gasteiger partial charge in [0.05, 0.1) is 6.04 Å². The summed E-state index contributed by atoms with van der Waals surface area (Å²) in [7, 11) is 0. The molecule has 2 aromatic heterocycles. The van der Waals surface area contributed by atoms with Crippen LogP contribution in [0.25, 0.3) is 0 Å². The molecule has 3 rings (SSSR count). The Labute approximate surface area is 118 Å². The molecule has 1 aliphatic heterocycles. The number of carbonyl (C=O) groups is 1. The summed E-state index contributed by atoms with van der Waals surface area (Å²) in [4.78, 5) is 27.6. The molecule has 0 bridgehead atoms. The second kappa shape index (κ2) is 5.20. The largest absolute Gasteiger partial charge is 0.464 e. The van der Waals surface area contributed by atoms with Gasteiger partial charge in [0.25, 0.3) is 5.91 Å². The number of carbonyl (C=O) groups excluding carboxylic acids is 1. The third-order valence-corrected chi connectivity index (χ3v) is 4.21. The van der Waals surface area contributed by atoms with Crippen LogP contribution in [0, 0.1) is 6.92 Å². The van der Waals surface area contributed by atoms with E-state index in [1.165, 1.54) is 0 Å². The number of rotatable bonds is 2. The Hall–Kier alpha value is -1.96. The van der Waals surface area contributed by atoms with E-state index < -0.39 is 5.69 Å². The maximum atomic E-state index is 12.4. The molecule has 1 aliphatic rings. The van der Waals surface area contributed by atoms with Crippen LogP contribution in [0.1, 0.15) is 28.2 Å². The number of thioether (sulfide) groups is 1. The summed E-state index contributed by atoms with van der Waals surface area (Å²) < 4.78 is 5.64. The van der Waals surface area contributed by atoms with Crippen LogP contribution in [0.15, 0.2) is 21.3 Å². The molecule has 2 aromatic rings. The summed E-state index contributed by atoms with van der Waals surface area (Å²) in [5.74, 6) is 2.96. The minimum absolute atomic E-state index is 0.0372. The number of aromatic amines is 2. The molecule has 3 heterocycles. The molecule has 0 saturated carbocycles. The van der Waals surface area contributed by atoms with Crippen molar-refractivity contribution < 1.29 is 9.21 Å². The fourth-order valence-corrected chi connectivity index (χ4v) is 3.28. The Kier molecular flexibility index (Phi) is 3.39. The number of amides is 1. The molecule has 106 valence electrons. The van der Waals surface area contributed by atoms with Gasteiger partial charge >= 0.3 is 5.69 Å². The van der Waals surface area contributed by atoms with Crippen LogP contribution >= 0.6 is 11.8 Å². The van der Waals surface area contributed by atoms with Crippen LogP contribution in [0.5, 0.6) is 0 Å². The fourth-order valence-electron chi connectivity index (χ4n) is 2.22. The van der Waals surface area contributed by atoms with E-state index in [-0.39, 0.29) is 17.8 Å². The number of hydrogen-bond donors (Lipinski definition) is 2. The van der Waals surface area contributed by atoms with E-state index in [2.05, 4.69) is 15.2 Å². The second-order valence-corrected chi connectivity index (χ2v) is 5.71. The van der Waals surface area contributed by atoms with Crippen LogP contribution in [0.4, 0.5) is 0 Å². The van der Waals surface area contributed by atoms with Crippen molar-refractivity contribution in [1.29, 1.82) is 0 Å². The van der Waals surface area contributed by atoms with Crippen molar-refractivity contribution >= 4 is 17.7 Å². The van der Waals surface area contributed by atoms with Crippen LogP contribution in [0.3, 0.4) is 0 Å². The zero-order chi connectivity index (χ0) is 14.1. The van der Waals surface area contributed by atoms with Gasteiger partial charge in [-0.15, -0.1) is 5.10 Å². The third-order valence-electron chi connectivity index (χ3n) is 3.18. The molecular formula is C12H14N4O3S. The van der Waals surface area contributed by atoms with Gasteiger partial charge in [0.15, 0.2) is 0 Å². The molecule has 0 unspecified atom stereocenters. The van der Waals surface area contributed by atoms with E-state index in [1.807, 2.05) is 19.1 Å². The summed E-state index contributed by atoms with van der Waals surface area (Å²) in [5.41, 5.74) is -0.481. The zero-order valence-electron chi connectivity index (χ0n) is 10.9. The van der Waals surface area contributed by atoms with Gasteiger partial charge < -0.3 is 9.32 Å². The predicted molar refractivity (Wildman–Crippen MR) is 73.8 cm³/mol. The van der Waals surface area contributed by atoms with Crippen LogP contribution in [-0.2, 0) is 0 Å². The average Bonchev–Trinajstić information content (AvgIpc) is 3.07. The summed E-state index contributed by atoms with van der Waals surface area (Å²) in [6, 6.07) is 3.64. The molecule has 8 heteroatoms. The van der Waals surface area contributed by atoms with Crippen LogP contribution in [-0.4, -0.2) is 44.0 Å². The van der Waals surface area contributed by atoms with Crippen molar-refractivity contribution in [2.24, 2.45) is 0 Å². The Morgan fingerprint density at radius 2 is 2.40 bits per heavy atom. The number of nitrogens with zero attached hydrogens (tertiary/aromatic N) is 2. The van der Waals surface area contributed by atoms with Gasteiger partial charge in [-0.1, -0.05) is 0 Å². The summed E-state index contributed by atoms with van der Waals surface area (Å²) in [6.45, 7) is 2.47. The van der Waals surface area contributed by atoms with Crippen molar-refractivity contribution in [3.63, 3.8) is 0 Å². The second-order valence-electron chi connectivity index (χ2n) is 4.56. The monoisotopic (exact) mass is 294 g/mol. The smallest absolute Gasteiger partial charge is 0.341 e. The highest BCUT2D eigenvalue weighted by Gasteiger charge is 2.32. The predicted octanol–water partition coefficient (Wildman–Crippen LogP) is 0.930. The molecule has 0 aliphatic carbocycles. The van der Waals surface area contributed by atoms with Crippen LogP contribution < -0.4 is 5.69 Å². The number of hydrogen-bond acceptors (Lipinski definition) is 5. The van der Waals surface area contributed by atoms with E-state index in [4.69, 9.17) is 4.42 Å².